The zero-order valence-electron chi connectivity index (χ0n) is 12.6. The summed E-state index contributed by atoms with van der Waals surface area (Å²) in [6.45, 7) is 2.22. The number of hydrogen-bond donors (Lipinski definition) is 1. The Balaban J connectivity index is 2.07. The molecule has 1 saturated heterocycles. The topological polar surface area (TPSA) is 60.9 Å². The molecule has 2 aliphatic rings. The van der Waals surface area contributed by atoms with Gasteiger partial charge in [0.15, 0.2) is 0 Å². The lowest BCUT2D eigenvalue weighted by atomic mass is 9.99. The quantitative estimate of drug-likeness (QED) is 0.792. The summed E-state index contributed by atoms with van der Waals surface area (Å²) in [5.41, 5.74) is -1.03. The molecule has 20 heavy (non-hydrogen) atoms. The molecule has 0 aromatic rings. The smallest absolute Gasteiger partial charge is 0.329 e. The third-order valence-electron chi connectivity index (χ3n) is 5.01. The minimum Gasteiger partial charge on any atom is -0.480 e. The first kappa shape index (κ1) is 15.1. The molecule has 0 aromatic heterocycles. The van der Waals surface area contributed by atoms with Gasteiger partial charge in [-0.1, -0.05) is 25.7 Å². The molecule has 5 heteroatoms. The van der Waals surface area contributed by atoms with E-state index in [1.54, 1.807) is 16.7 Å². The van der Waals surface area contributed by atoms with Crippen LogP contribution in [0.3, 0.4) is 0 Å². The largest absolute Gasteiger partial charge is 0.480 e. The SMILES string of the molecule is CN(C(=O)N1CCCC1(C)C(=O)O)C1CCCCCC1. The molecule has 2 fully saturated rings. The van der Waals surface area contributed by atoms with Gasteiger partial charge in [-0.05, 0) is 32.6 Å². The van der Waals surface area contributed by atoms with E-state index in [9.17, 15) is 14.7 Å². The van der Waals surface area contributed by atoms with E-state index in [4.69, 9.17) is 0 Å². The lowest BCUT2D eigenvalue weighted by Crippen LogP contribution is -2.56. The van der Waals surface area contributed by atoms with Crippen LogP contribution in [0.4, 0.5) is 4.79 Å². The van der Waals surface area contributed by atoms with Crippen LogP contribution in [0.15, 0.2) is 0 Å². The van der Waals surface area contributed by atoms with Crippen LogP contribution in [-0.4, -0.2) is 52.1 Å². The highest BCUT2D eigenvalue weighted by Crippen LogP contribution is 2.31. The molecule has 2 rings (SSSR count). The number of carbonyl (C=O) groups is 2. The first-order valence-electron chi connectivity index (χ1n) is 7.74. The van der Waals surface area contributed by atoms with Crippen molar-refractivity contribution in [3.63, 3.8) is 0 Å². The predicted octanol–water partition coefficient (Wildman–Crippen LogP) is 2.70. The molecular formula is C15H26N2O3. The second-order valence-corrected chi connectivity index (χ2v) is 6.37. The minimum atomic E-state index is -1.03. The normalized spacial score (nSPS) is 28.2. The van der Waals surface area contributed by atoms with Crippen molar-refractivity contribution in [1.29, 1.82) is 0 Å². The number of carboxylic acid groups (broad SMARTS) is 1. The van der Waals surface area contributed by atoms with E-state index >= 15 is 0 Å². The molecule has 5 nitrogen and oxygen atoms in total. The van der Waals surface area contributed by atoms with E-state index in [0.717, 1.165) is 19.3 Å². The summed E-state index contributed by atoms with van der Waals surface area (Å²) in [6.07, 6.45) is 8.22. The first-order chi connectivity index (χ1) is 9.47. The summed E-state index contributed by atoms with van der Waals surface area (Å²) in [5, 5.41) is 9.42. The molecule has 0 bridgehead atoms. The second kappa shape index (κ2) is 6.02. The minimum absolute atomic E-state index is 0.112. The molecule has 0 aromatic carbocycles. The third kappa shape index (κ3) is 2.76. The van der Waals surface area contributed by atoms with Crippen LogP contribution < -0.4 is 0 Å². The van der Waals surface area contributed by atoms with Gasteiger partial charge in [-0.3, -0.25) is 0 Å². The average Bonchev–Trinajstić information content (AvgIpc) is 2.65. The van der Waals surface area contributed by atoms with Gasteiger partial charge in [0, 0.05) is 19.6 Å². The summed E-state index contributed by atoms with van der Waals surface area (Å²) < 4.78 is 0. The van der Waals surface area contributed by atoms with Gasteiger partial charge in [-0.2, -0.15) is 0 Å². The molecule has 1 aliphatic carbocycles. The standard InChI is InChI=1S/C15H26N2O3/c1-15(13(18)19)10-7-11-17(15)14(20)16(2)12-8-5-3-4-6-9-12/h12H,3-11H2,1-2H3,(H,18,19). The van der Waals surface area contributed by atoms with Crippen LogP contribution in [0.2, 0.25) is 0 Å². The van der Waals surface area contributed by atoms with Crippen molar-refractivity contribution in [1.82, 2.24) is 9.80 Å². The van der Waals surface area contributed by atoms with Crippen LogP contribution in [0.5, 0.6) is 0 Å². The highest BCUT2D eigenvalue weighted by Gasteiger charge is 2.47. The molecule has 2 amide bonds. The van der Waals surface area contributed by atoms with Gasteiger partial charge >= 0.3 is 12.0 Å². The number of rotatable bonds is 2. The molecular weight excluding hydrogens is 256 g/mol. The number of nitrogens with zero attached hydrogens (tertiary/aromatic N) is 2. The number of hydrogen-bond acceptors (Lipinski definition) is 2. The van der Waals surface area contributed by atoms with Crippen molar-refractivity contribution in [2.45, 2.75) is 69.9 Å². The van der Waals surface area contributed by atoms with Crippen molar-refractivity contribution in [3.05, 3.63) is 0 Å². The lowest BCUT2D eigenvalue weighted by molar-refractivity contribution is -0.147. The Hall–Kier alpha value is -1.26. The van der Waals surface area contributed by atoms with Crippen LogP contribution in [0.25, 0.3) is 0 Å². The maximum absolute atomic E-state index is 12.7. The van der Waals surface area contributed by atoms with Crippen molar-refractivity contribution < 1.29 is 14.7 Å². The Bertz CT molecular complexity index is 377. The number of aliphatic carboxylic acids is 1. The van der Waals surface area contributed by atoms with E-state index in [2.05, 4.69) is 0 Å². The highest BCUT2D eigenvalue weighted by molar-refractivity contribution is 5.86. The zero-order valence-corrected chi connectivity index (χ0v) is 12.6. The van der Waals surface area contributed by atoms with Crippen LogP contribution in [0.1, 0.15) is 58.3 Å². The van der Waals surface area contributed by atoms with E-state index in [-0.39, 0.29) is 12.1 Å². The van der Waals surface area contributed by atoms with Crippen LogP contribution >= 0.6 is 0 Å². The number of likely N-dealkylation sites (tertiary alicyclic amines) is 1. The van der Waals surface area contributed by atoms with Gasteiger partial charge < -0.3 is 14.9 Å². The first-order valence-corrected chi connectivity index (χ1v) is 7.74. The van der Waals surface area contributed by atoms with Gasteiger partial charge in [0.2, 0.25) is 0 Å². The van der Waals surface area contributed by atoms with Gasteiger partial charge in [0.1, 0.15) is 5.54 Å². The van der Waals surface area contributed by atoms with Crippen molar-refractivity contribution in [2.75, 3.05) is 13.6 Å². The highest BCUT2D eigenvalue weighted by atomic mass is 16.4. The molecule has 1 atom stereocenters. The fraction of sp³-hybridized carbons (Fsp3) is 0.867. The fourth-order valence-electron chi connectivity index (χ4n) is 3.48. The maximum Gasteiger partial charge on any atom is 0.329 e. The summed E-state index contributed by atoms with van der Waals surface area (Å²) in [5.74, 6) is -0.891. The van der Waals surface area contributed by atoms with Crippen molar-refractivity contribution in [3.8, 4) is 0 Å². The van der Waals surface area contributed by atoms with Gasteiger partial charge in [-0.15, -0.1) is 0 Å². The average molecular weight is 282 g/mol. The van der Waals surface area contributed by atoms with E-state index < -0.39 is 11.5 Å². The molecule has 1 aliphatic heterocycles. The lowest BCUT2D eigenvalue weighted by Gasteiger charge is -2.37. The third-order valence-corrected chi connectivity index (χ3v) is 5.01. The summed E-state index contributed by atoms with van der Waals surface area (Å²) >= 11 is 0. The molecule has 1 heterocycles. The summed E-state index contributed by atoms with van der Waals surface area (Å²) in [4.78, 5) is 27.5. The number of urea groups is 1. The molecule has 114 valence electrons. The predicted molar refractivity (Wildman–Crippen MR) is 76.6 cm³/mol. The van der Waals surface area contributed by atoms with E-state index in [0.29, 0.717) is 13.0 Å². The van der Waals surface area contributed by atoms with Crippen LogP contribution in [0, 0.1) is 0 Å². The van der Waals surface area contributed by atoms with E-state index in [1.165, 1.54) is 25.7 Å². The molecule has 1 N–H and O–H groups in total. The Labute approximate surface area is 120 Å². The number of carbonyl (C=O) groups excluding carboxylic acids is 1. The summed E-state index contributed by atoms with van der Waals surface area (Å²) in [7, 11) is 1.83. The Morgan fingerprint density at radius 2 is 1.75 bits per heavy atom. The van der Waals surface area contributed by atoms with Crippen molar-refractivity contribution >= 4 is 12.0 Å². The van der Waals surface area contributed by atoms with E-state index in [1.807, 2.05) is 7.05 Å². The van der Waals surface area contributed by atoms with Crippen LogP contribution in [-0.2, 0) is 4.79 Å². The molecule has 0 radical (unpaired) electrons. The summed E-state index contributed by atoms with van der Waals surface area (Å²) in [6, 6.07) is 0.156. The van der Waals surface area contributed by atoms with Gasteiger partial charge in [0.05, 0.1) is 0 Å². The van der Waals surface area contributed by atoms with Gasteiger partial charge in [0.25, 0.3) is 0 Å². The fourth-order valence-corrected chi connectivity index (χ4v) is 3.48. The van der Waals surface area contributed by atoms with Gasteiger partial charge in [-0.25, -0.2) is 9.59 Å². The number of carboxylic acids is 1. The second-order valence-electron chi connectivity index (χ2n) is 6.37. The monoisotopic (exact) mass is 282 g/mol. The number of amides is 2. The molecule has 1 unspecified atom stereocenters. The Morgan fingerprint density at radius 1 is 1.15 bits per heavy atom. The molecule has 1 saturated carbocycles. The van der Waals surface area contributed by atoms with Crippen molar-refractivity contribution in [2.24, 2.45) is 0 Å². The zero-order chi connectivity index (χ0) is 14.8. The molecule has 0 spiro atoms. The Kier molecular flexibility index (Phi) is 4.55. The Morgan fingerprint density at radius 3 is 2.30 bits per heavy atom. The maximum atomic E-state index is 12.7.